The van der Waals surface area contributed by atoms with Gasteiger partial charge < -0.3 is 14.2 Å². The smallest absolute Gasteiger partial charge is 0.337 e. The van der Waals surface area contributed by atoms with Gasteiger partial charge in [-0.3, -0.25) is 4.79 Å². The van der Waals surface area contributed by atoms with Crippen LogP contribution in [0.5, 0.6) is 0 Å². The van der Waals surface area contributed by atoms with Crippen molar-refractivity contribution in [3.8, 4) is 0 Å². The van der Waals surface area contributed by atoms with Crippen molar-refractivity contribution in [2.45, 2.75) is 33.4 Å². The van der Waals surface area contributed by atoms with Crippen molar-refractivity contribution in [3.63, 3.8) is 0 Å². The SMILES string of the molecule is Cc1cc(=O)n(C(C)Cn2ccnc2)c(C)c1C(=O)O. The molecule has 0 aliphatic carbocycles. The number of hydrogen-bond donors (Lipinski definition) is 1. The van der Waals surface area contributed by atoms with Crippen LogP contribution in [0.4, 0.5) is 0 Å². The predicted molar refractivity (Wildman–Crippen MR) is 74.1 cm³/mol. The van der Waals surface area contributed by atoms with Gasteiger partial charge in [-0.15, -0.1) is 0 Å². The van der Waals surface area contributed by atoms with Crippen molar-refractivity contribution in [3.05, 3.63) is 52.0 Å². The Morgan fingerprint density at radius 3 is 2.70 bits per heavy atom. The van der Waals surface area contributed by atoms with E-state index in [-0.39, 0.29) is 17.2 Å². The average molecular weight is 275 g/mol. The van der Waals surface area contributed by atoms with E-state index in [1.54, 1.807) is 26.4 Å². The third kappa shape index (κ3) is 2.49. The standard InChI is InChI=1S/C14H17N3O3/c1-9-6-12(18)17(11(3)13(9)14(19)20)10(2)7-16-5-4-15-8-16/h4-6,8,10H,7H2,1-3H3,(H,19,20). The first-order valence-corrected chi connectivity index (χ1v) is 6.33. The zero-order chi connectivity index (χ0) is 14.9. The second kappa shape index (κ2) is 5.32. The molecule has 0 aromatic carbocycles. The molecule has 0 aliphatic rings. The van der Waals surface area contributed by atoms with Gasteiger partial charge in [0.1, 0.15) is 0 Å². The van der Waals surface area contributed by atoms with E-state index in [2.05, 4.69) is 4.98 Å². The highest BCUT2D eigenvalue weighted by molar-refractivity contribution is 5.90. The average Bonchev–Trinajstić information content (AvgIpc) is 2.79. The highest BCUT2D eigenvalue weighted by atomic mass is 16.4. The van der Waals surface area contributed by atoms with Crippen LogP contribution in [0.2, 0.25) is 0 Å². The highest BCUT2D eigenvalue weighted by Gasteiger charge is 2.18. The minimum atomic E-state index is -1.01. The Morgan fingerprint density at radius 1 is 1.45 bits per heavy atom. The molecule has 6 nitrogen and oxygen atoms in total. The Morgan fingerprint density at radius 2 is 2.15 bits per heavy atom. The van der Waals surface area contributed by atoms with Gasteiger partial charge in [0.2, 0.25) is 0 Å². The Labute approximate surface area is 116 Å². The zero-order valence-corrected chi connectivity index (χ0v) is 11.7. The maximum absolute atomic E-state index is 12.2. The van der Waals surface area contributed by atoms with Crippen molar-refractivity contribution in [1.82, 2.24) is 14.1 Å². The lowest BCUT2D eigenvalue weighted by Gasteiger charge is -2.20. The summed E-state index contributed by atoms with van der Waals surface area (Å²) in [4.78, 5) is 27.4. The number of hydrogen-bond acceptors (Lipinski definition) is 3. The summed E-state index contributed by atoms with van der Waals surface area (Å²) in [5.41, 5.74) is 0.987. The summed E-state index contributed by atoms with van der Waals surface area (Å²) < 4.78 is 3.38. The van der Waals surface area contributed by atoms with Gasteiger partial charge in [-0.2, -0.15) is 0 Å². The Bertz CT molecular complexity index is 686. The second-order valence-corrected chi connectivity index (χ2v) is 4.91. The number of aromatic carboxylic acids is 1. The highest BCUT2D eigenvalue weighted by Crippen LogP contribution is 2.16. The largest absolute Gasteiger partial charge is 0.478 e. The van der Waals surface area contributed by atoms with Crippen LogP contribution in [0.3, 0.4) is 0 Å². The fourth-order valence-electron chi connectivity index (χ4n) is 2.55. The van der Waals surface area contributed by atoms with Crippen molar-refractivity contribution in [1.29, 1.82) is 0 Å². The first-order valence-electron chi connectivity index (χ1n) is 6.33. The van der Waals surface area contributed by atoms with Gasteiger partial charge in [-0.1, -0.05) is 0 Å². The number of nitrogens with zero attached hydrogens (tertiary/aromatic N) is 3. The number of carbonyl (C=O) groups is 1. The molecule has 106 valence electrons. The summed E-state index contributed by atoms with van der Waals surface area (Å²) in [5.74, 6) is -1.01. The van der Waals surface area contributed by atoms with Crippen LogP contribution in [0.25, 0.3) is 0 Å². The summed E-state index contributed by atoms with van der Waals surface area (Å²) in [7, 11) is 0. The van der Waals surface area contributed by atoms with Gasteiger partial charge >= 0.3 is 5.97 Å². The molecule has 2 rings (SSSR count). The molecule has 0 radical (unpaired) electrons. The van der Waals surface area contributed by atoms with Crippen LogP contribution in [0.15, 0.2) is 29.6 Å². The van der Waals surface area contributed by atoms with Gasteiger partial charge in [0, 0.05) is 30.7 Å². The van der Waals surface area contributed by atoms with E-state index in [9.17, 15) is 14.7 Å². The van der Waals surface area contributed by atoms with Crippen LogP contribution in [0.1, 0.15) is 34.6 Å². The molecule has 0 aliphatic heterocycles. The molecule has 2 aromatic rings. The van der Waals surface area contributed by atoms with Crippen molar-refractivity contribution >= 4 is 5.97 Å². The predicted octanol–water partition coefficient (Wildman–Crippen LogP) is 1.62. The monoisotopic (exact) mass is 275 g/mol. The van der Waals surface area contributed by atoms with E-state index in [1.807, 2.05) is 17.7 Å². The van der Waals surface area contributed by atoms with Crippen LogP contribution in [-0.4, -0.2) is 25.2 Å². The minimum absolute atomic E-state index is 0.157. The fourth-order valence-corrected chi connectivity index (χ4v) is 2.55. The summed E-state index contributed by atoms with van der Waals surface area (Å²) in [6, 6.07) is 1.22. The van der Waals surface area contributed by atoms with E-state index in [4.69, 9.17) is 0 Å². The molecular weight excluding hydrogens is 258 g/mol. The number of pyridine rings is 1. The molecule has 0 saturated heterocycles. The molecule has 6 heteroatoms. The van der Waals surface area contributed by atoms with Crippen molar-refractivity contribution in [2.75, 3.05) is 0 Å². The third-order valence-electron chi connectivity index (χ3n) is 3.38. The molecule has 2 heterocycles. The maximum Gasteiger partial charge on any atom is 0.337 e. The molecular formula is C14H17N3O3. The van der Waals surface area contributed by atoms with E-state index in [1.165, 1.54) is 10.6 Å². The summed E-state index contributed by atoms with van der Waals surface area (Å²) in [6.07, 6.45) is 5.15. The molecule has 0 spiro atoms. The summed E-state index contributed by atoms with van der Waals surface area (Å²) in [5, 5.41) is 9.27. The lowest BCUT2D eigenvalue weighted by molar-refractivity contribution is 0.0694. The number of aromatic nitrogens is 3. The topological polar surface area (TPSA) is 77.1 Å². The van der Waals surface area contributed by atoms with Gasteiger partial charge in [-0.05, 0) is 26.3 Å². The first-order chi connectivity index (χ1) is 9.41. The third-order valence-corrected chi connectivity index (χ3v) is 3.38. The van der Waals surface area contributed by atoms with Crippen LogP contribution >= 0.6 is 0 Å². The number of aryl methyl sites for hydroxylation is 1. The Kier molecular flexibility index (Phi) is 3.74. The minimum Gasteiger partial charge on any atom is -0.478 e. The van der Waals surface area contributed by atoms with E-state index in [0.29, 0.717) is 17.8 Å². The van der Waals surface area contributed by atoms with Crippen LogP contribution in [-0.2, 0) is 6.54 Å². The van der Waals surface area contributed by atoms with E-state index >= 15 is 0 Å². The summed E-state index contributed by atoms with van der Waals surface area (Å²) in [6.45, 7) is 5.75. The molecule has 1 unspecified atom stereocenters. The second-order valence-electron chi connectivity index (χ2n) is 4.91. The maximum atomic E-state index is 12.2. The number of carboxylic acid groups (broad SMARTS) is 1. The van der Waals surface area contributed by atoms with Gasteiger partial charge in [-0.25, -0.2) is 9.78 Å². The Balaban J connectivity index is 2.48. The number of carboxylic acids is 1. The molecule has 0 saturated carbocycles. The van der Waals surface area contributed by atoms with Crippen molar-refractivity contribution in [2.24, 2.45) is 0 Å². The van der Waals surface area contributed by atoms with Crippen LogP contribution < -0.4 is 5.56 Å². The fraction of sp³-hybridized carbons (Fsp3) is 0.357. The molecule has 1 atom stereocenters. The van der Waals surface area contributed by atoms with Crippen molar-refractivity contribution < 1.29 is 9.90 Å². The van der Waals surface area contributed by atoms with E-state index < -0.39 is 5.97 Å². The molecule has 0 bridgehead atoms. The summed E-state index contributed by atoms with van der Waals surface area (Å²) >= 11 is 0. The first kappa shape index (κ1) is 14.0. The van der Waals surface area contributed by atoms with E-state index in [0.717, 1.165) is 0 Å². The molecule has 20 heavy (non-hydrogen) atoms. The van der Waals surface area contributed by atoms with Gasteiger partial charge in [0.05, 0.1) is 17.9 Å². The lowest BCUT2D eigenvalue weighted by atomic mass is 10.1. The quantitative estimate of drug-likeness (QED) is 0.919. The number of rotatable bonds is 4. The molecule has 0 amide bonds. The van der Waals surface area contributed by atoms with Gasteiger partial charge in [0.25, 0.3) is 5.56 Å². The van der Waals surface area contributed by atoms with Crippen LogP contribution in [0, 0.1) is 13.8 Å². The molecule has 0 fully saturated rings. The van der Waals surface area contributed by atoms with Gasteiger partial charge in [0.15, 0.2) is 0 Å². The zero-order valence-electron chi connectivity index (χ0n) is 11.7. The number of imidazole rings is 1. The lowest BCUT2D eigenvalue weighted by Crippen LogP contribution is -2.29. The Hall–Kier alpha value is -2.37. The normalized spacial score (nSPS) is 12.3. The molecule has 2 aromatic heterocycles. The molecule has 1 N–H and O–H groups in total.